The summed E-state index contributed by atoms with van der Waals surface area (Å²) >= 11 is 0. The molecule has 0 saturated carbocycles. The molecule has 1 rings (SSSR count). The number of carboxylic acids is 1. The topological polar surface area (TPSA) is 67.8 Å². The number of hydrogen-bond acceptors (Lipinski definition) is 4. The lowest BCUT2D eigenvalue weighted by molar-refractivity contribution is -0.139. The molecule has 112 valence electrons. The molecule has 20 heavy (non-hydrogen) atoms. The van der Waals surface area contributed by atoms with Gasteiger partial charge in [0.2, 0.25) is 0 Å². The van der Waals surface area contributed by atoms with E-state index in [4.69, 9.17) is 14.6 Å². The van der Waals surface area contributed by atoms with Crippen LogP contribution < -0.4 is 14.8 Å². The Kier molecular flexibility index (Phi) is 6.87. The van der Waals surface area contributed by atoms with Crippen molar-refractivity contribution in [2.75, 3.05) is 13.2 Å². The van der Waals surface area contributed by atoms with Crippen molar-refractivity contribution in [3.8, 4) is 11.5 Å². The van der Waals surface area contributed by atoms with Gasteiger partial charge in [-0.25, -0.2) is 4.79 Å². The van der Waals surface area contributed by atoms with Gasteiger partial charge < -0.3 is 19.9 Å². The van der Waals surface area contributed by atoms with E-state index in [9.17, 15) is 4.79 Å². The van der Waals surface area contributed by atoms with Crippen LogP contribution in [0.3, 0.4) is 0 Å². The molecule has 0 aliphatic carbocycles. The second kappa shape index (κ2) is 8.43. The van der Waals surface area contributed by atoms with Crippen molar-refractivity contribution in [1.82, 2.24) is 5.32 Å². The van der Waals surface area contributed by atoms with E-state index in [2.05, 4.69) is 19.2 Å². The molecular formula is C15H23NO4. The Balaban J connectivity index is 2.89. The highest BCUT2D eigenvalue weighted by Crippen LogP contribution is 2.31. The second-order valence-corrected chi connectivity index (χ2v) is 4.55. The van der Waals surface area contributed by atoms with E-state index in [0.29, 0.717) is 30.7 Å². The summed E-state index contributed by atoms with van der Waals surface area (Å²) in [6.45, 7) is 6.84. The number of hydrogen-bond donors (Lipinski definition) is 2. The van der Waals surface area contributed by atoms with E-state index in [-0.39, 0.29) is 6.61 Å². The third-order valence-electron chi connectivity index (χ3n) is 2.95. The Labute approximate surface area is 119 Å². The third-order valence-corrected chi connectivity index (χ3v) is 2.95. The molecule has 1 aromatic rings. The molecule has 2 N–H and O–H groups in total. The lowest BCUT2D eigenvalue weighted by Crippen LogP contribution is -2.25. The Bertz CT molecular complexity index is 434. The molecule has 1 atom stereocenters. The molecule has 0 radical (unpaired) electrons. The van der Waals surface area contributed by atoms with Crippen LogP contribution in [0.4, 0.5) is 0 Å². The Morgan fingerprint density at radius 3 is 2.70 bits per heavy atom. The molecule has 0 fully saturated rings. The first-order chi connectivity index (χ1) is 9.58. The molecule has 0 bridgehead atoms. The van der Waals surface area contributed by atoms with Crippen molar-refractivity contribution < 1.29 is 19.4 Å². The van der Waals surface area contributed by atoms with Crippen LogP contribution >= 0.6 is 0 Å². The first-order valence-electron chi connectivity index (χ1n) is 6.91. The molecule has 0 unspecified atom stereocenters. The van der Waals surface area contributed by atoms with Crippen molar-refractivity contribution >= 4 is 5.97 Å². The van der Waals surface area contributed by atoms with Crippen LogP contribution in [0.2, 0.25) is 0 Å². The molecule has 5 heteroatoms. The molecule has 0 saturated heterocycles. The minimum atomic E-state index is -1.00. The molecular weight excluding hydrogens is 258 g/mol. The highest BCUT2D eigenvalue weighted by atomic mass is 16.5. The molecule has 0 spiro atoms. The van der Waals surface area contributed by atoms with Gasteiger partial charge >= 0.3 is 5.97 Å². The highest BCUT2D eigenvalue weighted by molar-refractivity contribution is 5.68. The Hall–Kier alpha value is -1.75. The van der Waals surface area contributed by atoms with Gasteiger partial charge in [-0.1, -0.05) is 19.1 Å². The minimum Gasteiger partial charge on any atom is -0.490 e. The van der Waals surface area contributed by atoms with Crippen molar-refractivity contribution in [2.24, 2.45) is 0 Å². The molecule has 1 aromatic carbocycles. The number of aliphatic carboxylic acids is 1. The predicted octanol–water partition coefficient (Wildman–Crippen LogP) is 2.44. The number of benzene rings is 1. The first kappa shape index (κ1) is 16.3. The molecule has 0 amide bonds. The van der Waals surface area contributed by atoms with Gasteiger partial charge in [0.1, 0.15) is 0 Å². The SMILES string of the molecule is CCOc1cccc(CN[C@@H](C)CC)c1OCC(=O)O. The van der Waals surface area contributed by atoms with Crippen LogP contribution in [0.25, 0.3) is 0 Å². The van der Waals surface area contributed by atoms with Gasteiger partial charge in [-0.15, -0.1) is 0 Å². The summed E-state index contributed by atoms with van der Waals surface area (Å²) in [4.78, 5) is 10.7. The standard InChI is InChI=1S/C15H23NO4/c1-4-11(3)16-9-12-7-6-8-13(19-5-2)15(12)20-10-14(17)18/h6-8,11,16H,4-5,9-10H2,1-3H3,(H,17,18)/t11-/m0/s1. The fourth-order valence-electron chi connectivity index (χ4n) is 1.70. The normalized spacial score (nSPS) is 11.9. The number of rotatable bonds is 9. The van der Waals surface area contributed by atoms with Gasteiger partial charge in [-0.2, -0.15) is 0 Å². The number of ether oxygens (including phenoxy) is 2. The number of carbonyl (C=O) groups is 1. The maximum atomic E-state index is 10.7. The summed E-state index contributed by atoms with van der Waals surface area (Å²) in [5.41, 5.74) is 0.900. The fourth-order valence-corrected chi connectivity index (χ4v) is 1.70. The quantitative estimate of drug-likeness (QED) is 0.727. The van der Waals surface area contributed by atoms with Crippen LogP contribution in [0.15, 0.2) is 18.2 Å². The van der Waals surface area contributed by atoms with E-state index in [1.807, 2.05) is 19.1 Å². The molecule has 0 aliphatic rings. The number of para-hydroxylation sites is 1. The van der Waals surface area contributed by atoms with Gasteiger partial charge in [0, 0.05) is 18.2 Å². The fraction of sp³-hybridized carbons (Fsp3) is 0.533. The summed E-state index contributed by atoms with van der Waals surface area (Å²) in [5, 5.41) is 12.1. The average Bonchev–Trinajstić information content (AvgIpc) is 2.43. The zero-order chi connectivity index (χ0) is 15.0. The molecule has 0 heterocycles. The van der Waals surface area contributed by atoms with Gasteiger partial charge in [0.25, 0.3) is 0 Å². The summed E-state index contributed by atoms with van der Waals surface area (Å²) in [6.07, 6.45) is 1.02. The maximum Gasteiger partial charge on any atom is 0.341 e. The minimum absolute atomic E-state index is 0.375. The van der Waals surface area contributed by atoms with Crippen molar-refractivity contribution in [1.29, 1.82) is 0 Å². The van der Waals surface area contributed by atoms with Crippen LogP contribution in [0.5, 0.6) is 11.5 Å². The van der Waals surface area contributed by atoms with Crippen LogP contribution in [0, 0.1) is 0 Å². The zero-order valence-corrected chi connectivity index (χ0v) is 12.3. The molecule has 5 nitrogen and oxygen atoms in total. The second-order valence-electron chi connectivity index (χ2n) is 4.55. The van der Waals surface area contributed by atoms with Gasteiger partial charge in [-0.3, -0.25) is 0 Å². The van der Waals surface area contributed by atoms with E-state index in [1.165, 1.54) is 0 Å². The lowest BCUT2D eigenvalue weighted by Gasteiger charge is -2.17. The maximum absolute atomic E-state index is 10.7. The van der Waals surface area contributed by atoms with E-state index < -0.39 is 5.97 Å². The summed E-state index contributed by atoms with van der Waals surface area (Å²) in [5.74, 6) is 0.0851. The van der Waals surface area contributed by atoms with Crippen molar-refractivity contribution in [2.45, 2.75) is 39.8 Å². The summed E-state index contributed by atoms with van der Waals surface area (Å²) in [7, 11) is 0. The zero-order valence-electron chi connectivity index (χ0n) is 12.3. The van der Waals surface area contributed by atoms with E-state index in [0.717, 1.165) is 12.0 Å². The lowest BCUT2D eigenvalue weighted by atomic mass is 10.1. The van der Waals surface area contributed by atoms with Gasteiger partial charge in [0.15, 0.2) is 18.1 Å². The Morgan fingerprint density at radius 2 is 2.10 bits per heavy atom. The monoisotopic (exact) mass is 281 g/mol. The number of nitrogens with one attached hydrogen (secondary N) is 1. The Morgan fingerprint density at radius 1 is 1.35 bits per heavy atom. The van der Waals surface area contributed by atoms with E-state index >= 15 is 0 Å². The van der Waals surface area contributed by atoms with Gasteiger partial charge in [0.05, 0.1) is 6.61 Å². The predicted molar refractivity (Wildman–Crippen MR) is 77.3 cm³/mol. The number of carboxylic acid groups (broad SMARTS) is 1. The summed E-state index contributed by atoms with van der Waals surface area (Å²) in [6, 6.07) is 5.97. The van der Waals surface area contributed by atoms with E-state index in [1.54, 1.807) is 6.07 Å². The van der Waals surface area contributed by atoms with Crippen LogP contribution in [-0.4, -0.2) is 30.3 Å². The smallest absolute Gasteiger partial charge is 0.341 e. The first-order valence-corrected chi connectivity index (χ1v) is 6.91. The van der Waals surface area contributed by atoms with Crippen LogP contribution in [-0.2, 0) is 11.3 Å². The largest absolute Gasteiger partial charge is 0.490 e. The summed E-state index contributed by atoms with van der Waals surface area (Å²) < 4.78 is 10.9. The third kappa shape index (κ3) is 5.09. The highest BCUT2D eigenvalue weighted by Gasteiger charge is 2.13. The van der Waals surface area contributed by atoms with Gasteiger partial charge in [-0.05, 0) is 26.3 Å². The van der Waals surface area contributed by atoms with Crippen molar-refractivity contribution in [3.63, 3.8) is 0 Å². The van der Waals surface area contributed by atoms with Crippen LogP contribution in [0.1, 0.15) is 32.8 Å². The molecule has 0 aliphatic heterocycles. The average molecular weight is 281 g/mol. The van der Waals surface area contributed by atoms with Crippen molar-refractivity contribution in [3.05, 3.63) is 23.8 Å². The molecule has 0 aromatic heterocycles.